The Morgan fingerprint density at radius 2 is 2.26 bits per heavy atom. The monoisotopic (exact) mass is 332 g/mol. The van der Waals surface area contributed by atoms with Gasteiger partial charge in [-0.2, -0.15) is 0 Å². The van der Waals surface area contributed by atoms with Crippen molar-refractivity contribution >= 4 is 16.3 Å². The third-order valence-corrected chi connectivity index (χ3v) is 5.20. The van der Waals surface area contributed by atoms with Gasteiger partial charge in [0.25, 0.3) is 0 Å². The number of rotatable bonds is 3. The van der Waals surface area contributed by atoms with E-state index in [4.69, 9.17) is 4.74 Å². The van der Waals surface area contributed by atoms with Gasteiger partial charge in [-0.25, -0.2) is 4.98 Å². The fourth-order valence-electron chi connectivity index (χ4n) is 3.10. The van der Waals surface area contributed by atoms with Crippen LogP contribution in [0.25, 0.3) is 4.96 Å². The van der Waals surface area contributed by atoms with Crippen molar-refractivity contribution in [3.05, 3.63) is 34.6 Å². The maximum Gasteiger partial charge on any atom is 0.194 e. The van der Waals surface area contributed by atoms with E-state index in [9.17, 15) is 0 Å². The van der Waals surface area contributed by atoms with Crippen molar-refractivity contribution in [1.29, 1.82) is 0 Å². The van der Waals surface area contributed by atoms with E-state index in [2.05, 4.69) is 44.5 Å². The second-order valence-electron chi connectivity index (χ2n) is 6.03. The molecule has 0 N–H and O–H groups in total. The molecule has 1 aliphatic rings. The molecule has 3 aromatic rings. The maximum atomic E-state index is 5.89. The number of aryl methyl sites for hydroxylation is 3. The molecule has 0 aromatic carbocycles. The van der Waals surface area contributed by atoms with Gasteiger partial charge in [-0.05, 0) is 13.8 Å². The Labute approximate surface area is 138 Å². The molecular formula is C15H20N6OS. The van der Waals surface area contributed by atoms with E-state index >= 15 is 0 Å². The molecule has 1 saturated heterocycles. The summed E-state index contributed by atoms with van der Waals surface area (Å²) in [5, 5.41) is 8.14. The highest BCUT2D eigenvalue weighted by Crippen LogP contribution is 2.25. The van der Waals surface area contributed by atoms with E-state index in [0.29, 0.717) is 6.61 Å². The molecule has 1 fully saturated rings. The van der Waals surface area contributed by atoms with E-state index < -0.39 is 0 Å². The smallest absolute Gasteiger partial charge is 0.194 e. The van der Waals surface area contributed by atoms with E-state index in [1.54, 1.807) is 17.7 Å². The minimum Gasteiger partial charge on any atom is -0.368 e. The summed E-state index contributed by atoms with van der Waals surface area (Å²) >= 11 is 1.74. The molecule has 1 aliphatic heterocycles. The molecule has 3 aromatic heterocycles. The summed E-state index contributed by atoms with van der Waals surface area (Å²) in [7, 11) is 1.95. The Hall–Kier alpha value is -1.77. The summed E-state index contributed by atoms with van der Waals surface area (Å²) in [6, 6.07) is 0. The van der Waals surface area contributed by atoms with Crippen LogP contribution < -0.4 is 0 Å². The molecule has 8 heteroatoms. The fraction of sp³-hybridized carbons (Fsp3) is 0.533. The molecule has 0 bridgehead atoms. The summed E-state index contributed by atoms with van der Waals surface area (Å²) in [6.07, 6.45) is 3.87. The maximum absolute atomic E-state index is 5.89. The van der Waals surface area contributed by atoms with Crippen LogP contribution in [0.1, 0.15) is 28.2 Å². The van der Waals surface area contributed by atoms with Crippen LogP contribution in [0, 0.1) is 13.8 Å². The molecule has 7 nitrogen and oxygen atoms in total. The van der Waals surface area contributed by atoms with Gasteiger partial charge in [-0.3, -0.25) is 9.30 Å². The number of hydrogen-bond donors (Lipinski definition) is 0. The topological polar surface area (TPSA) is 60.5 Å². The number of hydrogen-bond acceptors (Lipinski definition) is 6. The second-order valence-corrected chi connectivity index (χ2v) is 7.25. The van der Waals surface area contributed by atoms with E-state index in [-0.39, 0.29) is 6.10 Å². The molecule has 122 valence electrons. The lowest BCUT2D eigenvalue weighted by molar-refractivity contribution is -0.0390. The second kappa shape index (κ2) is 5.70. The minimum atomic E-state index is -0.0239. The summed E-state index contributed by atoms with van der Waals surface area (Å²) in [5.41, 5.74) is 2.38. The first kappa shape index (κ1) is 14.8. The molecule has 0 amide bonds. The van der Waals surface area contributed by atoms with Gasteiger partial charge in [-0.15, -0.1) is 21.5 Å². The van der Waals surface area contributed by atoms with Gasteiger partial charge in [-0.1, -0.05) is 0 Å². The summed E-state index contributed by atoms with van der Waals surface area (Å²) in [6.45, 7) is 7.54. The summed E-state index contributed by atoms with van der Waals surface area (Å²) in [5.74, 6) is 0.885. The molecule has 1 unspecified atom stereocenters. The number of aromatic nitrogens is 5. The molecule has 0 aliphatic carbocycles. The number of ether oxygens (including phenoxy) is 1. The first-order chi connectivity index (χ1) is 11.1. The average Bonchev–Trinajstić information content (AvgIpc) is 3.17. The molecule has 23 heavy (non-hydrogen) atoms. The van der Waals surface area contributed by atoms with Crippen molar-refractivity contribution in [3.8, 4) is 0 Å². The van der Waals surface area contributed by atoms with Crippen molar-refractivity contribution in [1.82, 2.24) is 29.0 Å². The summed E-state index contributed by atoms with van der Waals surface area (Å²) in [4.78, 5) is 9.45. The Morgan fingerprint density at radius 1 is 1.39 bits per heavy atom. The zero-order valence-corrected chi connectivity index (χ0v) is 14.4. The Balaban J connectivity index is 1.56. The van der Waals surface area contributed by atoms with Gasteiger partial charge in [0.1, 0.15) is 12.4 Å². The van der Waals surface area contributed by atoms with Crippen LogP contribution in [0.15, 0.2) is 12.5 Å². The molecule has 0 spiro atoms. The average molecular weight is 332 g/mol. The molecule has 4 heterocycles. The highest BCUT2D eigenvalue weighted by molar-refractivity contribution is 7.17. The lowest BCUT2D eigenvalue weighted by Crippen LogP contribution is -2.39. The van der Waals surface area contributed by atoms with Crippen molar-refractivity contribution < 1.29 is 4.74 Å². The van der Waals surface area contributed by atoms with Crippen LogP contribution in [0.4, 0.5) is 0 Å². The van der Waals surface area contributed by atoms with E-state index in [1.165, 1.54) is 10.6 Å². The number of morpholine rings is 1. The Kier molecular flexibility index (Phi) is 3.67. The van der Waals surface area contributed by atoms with Crippen molar-refractivity contribution in [3.63, 3.8) is 0 Å². The zero-order valence-electron chi connectivity index (χ0n) is 13.6. The highest BCUT2D eigenvalue weighted by atomic mass is 32.1. The normalized spacial score (nSPS) is 19.7. The number of imidazole rings is 1. The van der Waals surface area contributed by atoms with Crippen LogP contribution in [-0.4, -0.2) is 48.7 Å². The van der Waals surface area contributed by atoms with Gasteiger partial charge < -0.3 is 9.30 Å². The standard InChI is InChI=1S/C15H20N6OS/c1-10-6-21-12(11(2)17-15(21)23-10)7-20-4-5-22-13(8-20)14-18-16-9-19(14)3/h6,9,13H,4-5,7-8H2,1-3H3. The van der Waals surface area contributed by atoms with Gasteiger partial charge in [0.2, 0.25) is 0 Å². The predicted molar refractivity (Wildman–Crippen MR) is 87.5 cm³/mol. The quantitative estimate of drug-likeness (QED) is 0.731. The zero-order chi connectivity index (χ0) is 16.0. The van der Waals surface area contributed by atoms with Gasteiger partial charge in [0.05, 0.1) is 18.0 Å². The highest BCUT2D eigenvalue weighted by Gasteiger charge is 2.26. The largest absolute Gasteiger partial charge is 0.368 e. The number of fused-ring (bicyclic) bond motifs is 1. The van der Waals surface area contributed by atoms with Crippen LogP contribution in [0.3, 0.4) is 0 Å². The van der Waals surface area contributed by atoms with E-state index in [0.717, 1.165) is 36.1 Å². The van der Waals surface area contributed by atoms with Crippen molar-refractivity contribution in [2.75, 3.05) is 19.7 Å². The van der Waals surface area contributed by atoms with Crippen LogP contribution >= 0.6 is 11.3 Å². The molecule has 4 rings (SSSR count). The third-order valence-electron chi connectivity index (χ3n) is 4.30. The first-order valence-electron chi connectivity index (χ1n) is 7.73. The lowest BCUT2D eigenvalue weighted by Gasteiger charge is -2.32. The van der Waals surface area contributed by atoms with Gasteiger partial charge >= 0.3 is 0 Å². The van der Waals surface area contributed by atoms with Crippen LogP contribution in [-0.2, 0) is 18.3 Å². The van der Waals surface area contributed by atoms with E-state index in [1.807, 2.05) is 11.6 Å². The first-order valence-corrected chi connectivity index (χ1v) is 8.55. The van der Waals surface area contributed by atoms with Crippen molar-refractivity contribution in [2.24, 2.45) is 7.05 Å². The number of nitrogens with zero attached hydrogens (tertiary/aromatic N) is 6. The Morgan fingerprint density at radius 3 is 3.04 bits per heavy atom. The van der Waals surface area contributed by atoms with Crippen LogP contribution in [0.5, 0.6) is 0 Å². The third kappa shape index (κ3) is 2.66. The molecule has 0 radical (unpaired) electrons. The number of thiazole rings is 1. The molecule has 0 saturated carbocycles. The molecular weight excluding hydrogens is 312 g/mol. The lowest BCUT2D eigenvalue weighted by atomic mass is 10.2. The summed E-state index contributed by atoms with van der Waals surface area (Å²) < 4.78 is 10.0. The predicted octanol–water partition coefficient (Wildman–Crippen LogP) is 1.71. The van der Waals surface area contributed by atoms with Gasteiger partial charge in [0, 0.05) is 37.8 Å². The van der Waals surface area contributed by atoms with Crippen LogP contribution in [0.2, 0.25) is 0 Å². The SMILES string of the molecule is Cc1cn2c(CN3CCOC(c4nncn4C)C3)c(C)nc2s1. The minimum absolute atomic E-state index is 0.0239. The Bertz CT molecular complexity index is 834. The van der Waals surface area contributed by atoms with Gasteiger partial charge in [0.15, 0.2) is 10.8 Å². The fourth-order valence-corrected chi connectivity index (χ4v) is 3.99. The molecule has 1 atom stereocenters. The van der Waals surface area contributed by atoms with Crippen molar-refractivity contribution in [2.45, 2.75) is 26.5 Å².